The molecule has 0 bridgehead atoms. The van der Waals surface area contributed by atoms with E-state index in [1.54, 1.807) is 42.5 Å². The van der Waals surface area contributed by atoms with Gasteiger partial charge in [-0.15, -0.1) is 0 Å². The predicted molar refractivity (Wildman–Crippen MR) is 80.2 cm³/mol. The van der Waals surface area contributed by atoms with Crippen molar-refractivity contribution < 1.29 is 14.3 Å². The molecule has 0 saturated heterocycles. The summed E-state index contributed by atoms with van der Waals surface area (Å²) in [5.41, 5.74) is 6.31. The highest BCUT2D eigenvalue weighted by atomic mass is 16.5. The third-order valence-corrected chi connectivity index (χ3v) is 2.82. The van der Waals surface area contributed by atoms with Crippen molar-refractivity contribution in [1.82, 2.24) is 0 Å². The summed E-state index contributed by atoms with van der Waals surface area (Å²) in [6, 6.07) is 14.8. The van der Waals surface area contributed by atoms with E-state index in [-0.39, 0.29) is 12.2 Å². The Labute approximate surface area is 127 Å². The van der Waals surface area contributed by atoms with Crippen molar-refractivity contribution in [3.05, 3.63) is 59.7 Å². The minimum atomic E-state index is -0.621. The van der Waals surface area contributed by atoms with Gasteiger partial charge in [-0.1, -0.05) is 12.1 Å². The molecule has 6 heteroatoms. The van der Waals surface area contributed by atoms with Gasteiger partial charge < -0.3 is 15.8 Å². The zero-order valence-electron chi connectivity index (χ0n) is 11.6. The fourth-order valence-corrected chi connectivity index (χ4v) is 1.77. The molecule has 0 saturated carbocycles. The lowest BCUT2D eigenvalue weighted by molar-refractivity contribution is -0.118. The maximum atomic E-state index is 11.8. The van der Waals surface area contributed by atoms with Crippen molar-refractivity contribution in [1.29, 1.82) is 5.26 Å². The van der Waals surface area contributed by atoms with Crippen molar-refractivity contribution in [2.75, 3.05) is 11.9 Å². The zero-order chi connectivity index (χ0) is 15.9. The highest BCUT2D eigenvalue weighted by Gasteiger charge is 2.10. The minimum Gasteiger partial charge on any atom is -0.484 e. The summed E-state index contributed by atoms with van der Waals surface area (Å²) < 4.78 is 5.30. The summed E-state index contributed by atoms with van der Waals surface area (Å²) in [6.07, 6.45) is 0. The molecule has 0 aromatic heterocycles. The van der Waals surface area contributed by atoms with Crippen LogP contribution in [0.25, 0.3) is 0 Å². The number of nitrogens with two attached hydrogens (primary N) is 1. The average Bonchev–Trinajstić information content (AvgIpc) is 2.53. The van der Waals surface area contributed by atoms with E-state index in [9.17, 15) is 9.59 Å². The largest absolute Gasteiger partial charge is 0.484 e. The van der Waals surface area contributed by atoms with Crippen LogP contribution < -0.4 is 15.8 Å². The fourth-order valence-electron chi connectivity index (χ4n) is 1.77. The standard InChI is InChI=1S/C16H13N3O3/c17-9-11-5-7-12(8-6-11)22-10-15(20)19-14-4-2-1-3-13(14)16(18)21/h1-8H,10H2,(H2,18,21)(H,19,20). The molecule has 0 atom stereocenters. The Balaban J connectivity index is 1.96. The maximum Gasteiger partial charge on any atom is 0.262 e. The van der Waals surface area contributed by atoms with E-state index in [1.165, 1.54) is 6.07 Å². The molecule has 6 nitrogen and oxygen atoms in total. The lowest BCUT2D eigenvalue weighted by Gasteiger charge is -2.09. The van der Waals surface area contributed by atoms with E-state index in [0.29, 0.717) is 17.0 Å². The van der Waals surface area contributed by atoms with Gasteiger partial charge in [0.05, 0.1) is 22.9 Å². The lowest BCUT2D eigenvalue weighted by atomic mass is 10.1. The number of ether oxygens (including phenoxy) is 1. The molecule has 0 unspecified atom stereocenters. The van der Waals surface area contributed by atoms with Crippen LogP contribution >= 0.6 is 0 Å². The van der Waals surface area contributed by atoms with Crippen LogP contribution in [0.3, 0.4) is 0 Å². The number of hydrogen-bond donors (Lipinski definition) is 2. The third kappa shape index (κ3) is 3.84. The van der Waals surface area contributed by atoms with E-state index < -0.39 is 11.8 Å². The number of hydrogen-bond acceptors (Lipinski definition) is 4. The Kier molecular flexibility index (Phi) is 4.73. The third-order valence-electron chi connectivity index (χ3n) is 2.82. The summed E-state index contributed by atoms with van der Waals surface area (Å²) in [7, 11) is 0. The Hall–Kier alpha value is -3.33. The van der Waals surface area contributed by atoms with Gasteiger partial charge >= 0.3 is 0 Å². The van der Waals surface area contributed by atoms with Crippen LogP contribution in [0.5, 0.6) is 5.75 Å². The van der Waals surface area contributed by atoms with Crippen molar-refractivity contribution >= 4 is 17.5 Å². The molecule has 0 aliphatic rings. The number of nitrogens with zero attached hydrogens (tertiary/aromatic N) is 1. The smallest absolute Gasteiger partial charge is 0.262 e. The van der Waals surface area contributed by atoms with Gasteiger partial charge in [0.2, 0.25) is 0 Å². The first kappa shape index (κ1) is 15.1. The van der Waals surface area contributed by atoms with Crippen LogP contribution in [0.15, 0.2) is 48.5 Å². The van der Waals surface area contributed by atoms with Gasteiger partial charge in [-0.3, -0.25) is 9.59 Å². The van der Waals surface area contributed by atoms with Crippen molar-refractivity contribution in [2.24, 2.45) is 5.73 Å². The SMILES string of the molecule is N#Cc1ccc(OCC(=O)Nc2ccccc2C(N)=O)cc1. The first-order valence-electron chi connectivity index (χ1n) is 6.42. The number of nitriles is 1. The predicted octanol–water partition coefficient (Wildman–Crippen LogP) is 1.67. The molecule has 0 aliphatic heterocycles. The number of para-hydroxylation sites is 1. The summed E-state index contributed by atoms with van der Waals surface area (Å²) in [6.45, 7) is -0.223. The molecule has 0 aliphatic carbocycles. The number of nitrogens with one attached hydrogen (secondary N) is 1. The monoisotopic (exact) mass is 295 g/mol. The van der Waals surface area contributed by atoms with Crippen molar-refractivity contribution in [2.45, 2.75) is 0 Å². The first-order valence-corrected chi connectivity index (χ1v) is 6.42. The van der Waals surface area contributed by atoms with E-state index in [2.05, 4.69) is 5.32 Å². The molecular weight excluding hydrogens is 282 g/mol. The molecule has 0 radical (unpaired) electrons. The first-order chi connectivity index (χ1) is 10.6. The van der Waals surface area contributed by atoms with E-state index in [1.807, 2.05) is 6.07 Å². The second kappa shape index (κ2) is 6.90. The molecule has 0 spiro atoms. The number of primary amides is 1. The van der Waals surface area contributed by atoms with Gasteiger partial charge in [-0.05, 0) is 36.4 Å². The number of carbonyl (C=O) groups is 2. The zero-order valence-corrected chi connectivity index (χ0v) is 11.6. The number of anilines is 1. The number of benzene rings is 2. The topological polar surface area (TPSA) is 105 Å². The second-order valence-corrected chi connectivity index (χ2v) is 4.38. The van der Waals surface area contributed by atoms with E-state index in [0.717, 1.165) is 0 Å². The summed E-state index contributed by atoms with van der Waals surface area (Å²) in [5, 5.41) is 11.3. The van der Waals surface area contributed by atoms with Crippen LogP contribution in [-0.4, -0.2) is 18.4 Å². The van der Waals surface area contributed by atoms with Crippen LogP contribution in [0.1, 0.15) is 15.9 Å². The molecule has 3 N–H and O–H groups in total. The van der Waals surface area contributed by atoms with Gasteiger partial charge in [0.15, 0.2) is 6.61 Å². The van der Waals surface area contributed by atoms with Crippen LogP contribution in [0.4, 0.5) is 5.69 Å². The molecule has 22 heavy (non-hydrogen) atoms. The molecule has 2 amide bonds. The molecule has 2 aromatic rings. The van der Waals surface area contributed by atoms with Gasteiger partial charge in [-0.2, -0.15) is 5.26 Å². The Morgan fingerprint density at radius 3 is 2.45 bits per heavy atom. The number of rotatable bonds is 5. The molecule has 2 rings (SSSR count). The van der Waals surface area contributed by atoms with Crippen LogP contribution in [0, 0.1) is 11.3 Å². The fraction of sp³-hybridized carbons (Fsp3) is 0.0625. The minimum absolute atomic E-state index is 0.223. The molecular formula is C16H13N3O3. The molecule has 110 valence electrons. The molecule has 0 heterocycles. The van der Waals surface area contributed by atoms with Crippen molar-refractivity contribution in [3.8, 4) is 11.8 Å². The van der Waals surface area contributed by atoms with Crippen molar-refractivity contribution in [3.63, 3.8) is 0 Å². The maximum absolute atomic E-state index is 11.8. The second-order valence-electron chi connectivity index (χ2n) is 4.38. The average molecular weight is 295 g/mol. The van der Waals surface area contributed by atoms with Gasteiger partial charge in [-0.25, -0.2) is 0 Å². The number of carbonyl (C=O) groups excluding carboxylic acids is 2. The Morgan fingerprint density at radius 2 is 1.82 bits per heavy atom. The summed E-state index contributed by atoms with van der Waals surface area (Å²) in [4.78, 5) is 23.1. The van der Waals surface area contributed by atoms with Crippen LogP contribution in [0.2, 0.25) is 0 Å². The number of amides is 2. The van der Waals surface area contributed by atoms with E-state index in [4.69, 9.17) is 15.7 Å². The Bertz CT molecular complexity index is 733. The highest BCUT2D eigenvalue weighted by molar-refractivity contribution is 6.03. The normalized spacial score (nSPS) is 9.59. The lowest BCUT2D eigenvalue weighted by Crippen LogP contribution is -2.22. The highest BCUT2D eigenvalue weighted by Crippen LogP contribution is 2.15. The summed E-state index contributed by atoms with van der Waals surface area (Å²) in [5.74, 6) is -0.570. The Morgan fingerprint density at radius 1 is 1.14 bits per heavy atom. The van der Waals surface area contributed by atoms with Gasteiger partial charge in [0.25, 0.3) is 11.8 Å². The summed E-state index contributed by atoms with van der Waals surface area (Å²) >= 11 is 0. The van der Waals surface area contributed by atoms with Gasteiger partial charge in [0.1, 0.15) is 5.75 Å². The van der Waals surface area contributed by atoms with Gasteiger partial charge in [0, 0.05) is 0 Å². The molecule has 0 fully saturated rings. The molecule has 2 aromatic carbocycles. The van der Waals surface area contributed by atoms with Crippen LogP contribution in [-0.2, 0) is 4.79 Å². The quantitative estimate of drug-likeness (QED) is 0.875. The van der Waals surface area contributed by atoms with E-state index >= 15 is 0 Å².